The summed E-state index contributed by atoms with van der Waals surface area (Å²) in [7, 11) is 0. The first-order chi connectivity index (χ1) is 7.59. The number of nitrogens with one attached hydrogen (secondary N) is 1. The lowest BCUT2D eigenvalue weighted by Crippen LogP contribution is -2.18. The molecule has 0 amide bonds. The summed E-state index contributed by atoms with van der Waals surface area (Å²) in [5.74, 6) is 0.315. The van der Waals surface area contributed by atoms with Gasteiger partial charge in [0.15, 0.2) is 5.82 Å². The number of aliphatic carboxylic acids is 1. The van der Waals surface area contributed by atoms with Crippen molar-refractivity contribution in [1.29, 1.82) is 0 Å². The van der Waals surface area contributed by atoms with Gasteiger partial charge in [-0.25, -0.2) is 4.79 Å². The molecule has 1 heterocycles. The summed E-state index contributed by atoms with van der Waals surface area (Å²) in [5, 5.41) is 15.3. The molecule has 0 aromatic carbocycles. The molecule has 0 saturated carbocycles. The molecule has 0 aliphatic heterocycles. The van der Waals surface area contributed by atoms with Crippen molar-refractivity contribution in [3.63, 3.8) is 0 Å². The number of hydrogen-bond acceptors (Lipinski definition) is 5. The lowest BCUT2D eigenvalue weighted by atomic mass is 10.3. The van der Waals surface area contributed by atoms with E-state index in [2.05, 4.69) is 15.5 Å². The third-order valence-corrected chi connectivity index (χ3v) is 1.98. The first-order valence-electron chi connectivity index (χ1n) is 4.99. The summed E-state index contributed by atoms with van der Waals surface area (Å²) < 4.78 is 4.92. The van der Waals surface area contributed by atoms with Crippen LogP contribution >= 0.6 is 0 Å². The normalized spacial score (nSPS) is 11.8. The zero-order chi connectivity index (χ0) is 12.0. The van der Waals surface area contributed by atoms with Crippen LogP contribution in [0.15, 0.2) is 16.2 Å². The lowest BCUT2D eigenvalue weighted by Gasteiger charge is -1.98. The van der Waals surface area contributed by atoms with Crippen molar-refractivity contribution in [3.8, 4) is 0 Å². The Hall–Kier alpha value is -1.69. The Morgan fingerprint density at radius 2 is 2.38 bits per heavy atom. The highest BCUT2D eigenvalue weighted by molar-refractivity contribution is 5.85. The number of carbonyl (C=O) groups is 1. The molecular weight excluding hydrogens is 210 g/mol. The summed E-state index contributed by atoms with van der Waals surface area (Å²) in [6.45, 7) is 4.51. The minimum absolute atomic E-state index is 0.334. The van der Waals surface area contributed by atoms with Crippen molar-refractivity contribution < 1.29 is 14.4 Å². The maximum atomic E-state index is 10.5. The fraction of sp³-hybridized carbons (Fsp3) is 0.500. The number of carboxylic acid groups (broad SMARTS) is 1. The van der Waals surface area contributed by atoms with Crippen LogP contribution in [0.25, 0.3) is 0 Å². The molecule has 0 aliphatic carbocycles. The van der Waals surface area contributed by atoms with E-state index in [9.17, 15) is 4.79 Å². The summed E-state index contributed by atoms with van der Waals surface area (Å²) in [5.41, 5.74) is 0.334. The molecule has 88 valence electrons. The number of nitrogens with zero attached hydrogens (tertiary/aromatic N) is 2. The Labute approximate surface area is 93.4 Å². The third kappa shape index (κ3) is 4.22. The molecule has 6 nitrogen and oxygen atoms in total. The van der Waals surface area contributed by atoms with Gasteiger partial charge < -0.3 is 14.9 Å². The predicted molar refractivity (Wildman–Crippen MR) is 57.0 cm³/mol. The Morgan fingerprint density at radius 3 is 2.94 bits per heavy atom. The maximum absolute atomic E-state index is 10.5. The van der Waals surface area contributed by atoms with Crippen LogP contribution in [0.2, 0.25) is 0 Å². The Kier molecular flexibility index (Phi) is 4.65. The molecule has 0 fully saturated rings. The van der Waals surface area contributed by atoms with Crippen LogP contribution in [-0.2, 0) is 11.2 Å². The highest BCUT2D eigenvalue weighted by Crippen LogP contribution is 1.95. The Balaban J connectivity index is 2.17. The van der Waals surface area contributed by atoms with E-state index >= 15 is 0 Å². The van der Waals surface area contributed by atoms with E-state index in [1.165, 1.54) is 0 Å². The SMILES string of the molecule is CC(=CCNCCc1nc(C)no1)C(=O)O. The number of aryl methyl sites for hydroxylation is 1. The molecule has 1 aromatic rings. The van der Waals surface area contributed by atoms with Crippen LogP contribution in [0.5, 0.6) is 0 Å². The average molecular weight is 225 g/mol. The molecular formula is C10H15N3O3. The molecule has 0 aliphatic rings. The molecule has 0 unspecified atom stereocenters. The van der Waals surface area contributed by atoms with Gasteiger partial charge in [0.25, 0.3) is 0 Å². The molecule has 0 atom stereocenters. The minimum Gasteiger partial charge on any atom is -0.478 e. The molecule has 0 spiro atoms. The fourth-order valence-electron chi connectivity index (χ4n) is 1.05. The van der Waals surface area contributed by atoms with Crippen molar-refractivity contribution in [3.05, 3.63) is 23.4 Å². The number of carboxylic acids is 1. The van der Waals surface area contributed by atoms with Gasteiger partial charge in [-0.3, -0.25) is 0 Å². The maximum Gasteiger partial charge on any atom is 0.330 e. The van der Waals surface area contributed by atoms with Gasteiger partial charge in [-0.05, 0) is 13.8 Å². The van der Waals surface area contributed by atoms with Crippen molar-refractivity contribution in [2.24, 2.45) is 0 Å². The van der Waals surface area contributed by atoms with Crippen molar-refractivity contribution in [2.75, 3.05) is 13.1 Å². The zero-order valence-corrected chi connectivity index (χ0v) is 9.36. The topological polar surface area (TPSA) is 88.3 Å². The van der Waals surface area contributed by atoms with Crippen molar-refractivity contribution >= 4 is 5.97 Å². The molecule has 0 radical (unpaired) electrons. The van der Waals surface area contributed by atoms with Gasteiger partial charge in [0.2, 0.25) is 5.89 Å². The first kappa shape index (κ1) is 12.4. The van der Waals surface area contributed by atoms with Crippen LogP contribution in [0.1, 0.15) is 18.6 Å². The smallest absolute Gasteiger partial charge is 0.330 e. The second-order valence-electron chi connectivity index (χ2n) is 3.38. The largest absolute Gasteiger partial charge is 0.478 e. The molecule has 1 rings (SSSR count). The second-order valence-corrected chi connectivity index (χ2v) is 3.38. The molecule has 0 bridgehead atoms. The summed E-state index contributed by atoms with van der Waals surface area (Å²) >= 11 is 0. The lowest BCUT2D eigenvalue weighted by molar-refractivity contribution is -0.132. The average Bonchev–Trinajstić information content (AvgIpc) is 2.63. The number of aromatic nitrogens is 2. The van der Waals surface area contributed by atoms with Crippen molar-refractivity contribution in [2.45, 2.75) is 20.3 Å². The van der Waals surface area contributed by atoms with Gasteiger partial charge >= 0.3 is 5.97 Å². The molecule has 0 saturated heterocycles. The quantitative estimate of drug-likeness (QED) is 0.542. The van der Waals surface area contributed by atoms with Crippen LogP contribution < -0.4 is 5.32 Å². The van der Waals surface area contributed by atoms with Gasteiger partial charge in [-0.15, -0.1) is 0 Å². The van der Waals surface area contributed by atoms with Gasteiger partial charge in [0.1, 0.15) is 0 Å². The fourth-order valence-corrected chi connectivity index (χ4v) is 1.05. The standard InChI is InChI=1S/C10H15N3O3/c1-7(10(14)15)3-5-11-6-4-9-12-8(2)13-16-9/h3,11H,4-6H2,1-2H3,(H,14,15). The van der Waals surface area contributed by atoms with E-state index in [-0.39, 0.29) is 0 Å². The van der Waals surface area contributed by atoms with Crippen LogP contribution in [-0.4, -0.2) is 34.3 Å². The van der Waals surface area contributed by atoms with E-state index in [0.29, 0.717) is 36.8 Å². The summed E-state index contributed by atoms with van der Waals surface area (Å²) in [6, 6.07) is 0. The summed E-state index contributed by atoms with van der Waals surface area (Å²) in [4.78, 5) is 14.5. The molecule has 1 aromatic heterocycles. The first-order valence-corrected chi connectivity index (χ1v) is 4.99. The van der Waals surface area contributed by atoms with E-state index in [0.717, 1.165) is 0 Å². The molecule has 16 heavy (non-hydrogen) atoms. The second kappa shape index (κ2) is 6.02. The van der Waals surface area contributed by atoms with E-state index in [4.69, 9.17) is 9.63 Å². The predicted octanol–water partition coefficient (Wildman–Crippen LogP) is 0.541. The third-order valence-electron chi connectivity index (χ3n) is 1.98. The van der Waals surface area contributed by atoms with Crippen molar-refractivity contribution in [1.82, 2.24) is 15.5 Å². The van der Waals surface area contributed by atoms with E-state index in [1.807, 2.05) is 0 Å². The Morgan fingerprint density at radius 1 is 1.62 bits per heavy atom. The number of hydrogen-bond donors (Lipinski definition) is 2. The van der Waals surface area contributed by atoms with Gasteiger partial charge in [0, 0.05) is 25.1 Å². The van der Waals surface area contributed by atoms with E-state index in [1.54, 1.807) is 19.9 Å². The number of rotatable bonds is 6. The highest BCUT2D eigenvalue weighted by Gasteiger charge is 2.01. The van der Waals surface area contributed by atoms with Crippen LogP contribution in [0.4, 0.5) is 0 Å². The van der Waals surface area contributed by atoms with Gasteiger partial charge in [-0.1, -0.05) is 11.2 Å². The molecule has 6 heteroatoms. The Bertz CT molecular complexity index is 384. The summed E-state index contributed by atoms with van der Waals surface area (Å²) in [6.07, 6.45) is 2.27. The van der Waals surface area contributed by atoms with Gasteiger partial charge in [-0.2, -0.15) is 4.98 Å². The highest BCUT2D eigenvalue weighted by atomic mass is 16.5. The molecule has 2 N–H and O–H groups in total. The zero-order valence-electron chi connectivity index (χ0n) is 9.36. The monoisotopic (exact) mass is 225 g/mol. The van der Waals surface area contributed by atoms with Crippen LogP contribution in [0, 0.1) is 6.92 Å². The van der Waals surface area contributed by atoms with Crippen LogP contribution in [0.3, 0.4) is 0 Å². The van der Waals surface area contributed by atoms with E-state index < -0.39 is 5.97 Å². The van der Waals surface area contributed by atoms with Gasteiger partial charge in [0.05, 0.1) is 0 Å². The minimum atomic E-state index is -0.894.